The molecule has 0 aliphatic carbocycles. The van der Waals surface area contributed by atoms with E-state index in [0.29, 0.717) is 5.95 Å². The zero-order valence-corrected chi connectivity index (χ0v) is 24.7. The van der Waals surface area contributed by atoms with E-state index in [0.717, 1.165) is 28.2 Å². The van der Waals surface area contributed by atoms with E-state index in [2.05, 4.69) is 9.98 Å². The number of aliphatic imine (C=N–C) groups is 1. The van der Waals surface area contributed by atoms with Crippen LogP contribution in [0.4, 0.5) is 5.95 Å². The van der Waals surface area contributed by atoms with Crippen molar-refractivity contribution in [3.63, 3.8) is 0 Å². The Hall–Kier alpha value is -4.22. The summed E-state index contributed by atoms with van der Waals surface area (Å²) in [6.45, 7) is 0.218. The van der Waals surface area contributed by atoms with Crippen LogP contribution in [-0.4, -0.2) is 85.2 Å². The van der Waals surface area contributed by atoms with E-state index in [9.17, 15) is 5.11 Å². The van der Waals surface area contributed by atoms with Crippen molar-refractivity contribution in [3.05, 3.63) is 108 Å². The number of fused-ring (bicyclic) bond motifs is 2. The van der Waals surface area contributed by atoms with Gasteiger partial charge in [0.2, 0.25) is 5.95 Å². The molecular formula is C33H36N4O6. The second-order valence-electron chi connectivity index (χ2n) is 10.9. The van der Waals surface area contributed by atoms with Crippen molar-refractivity contribution in [2.75, 3.05) is 41.5 Å². The second kappa shape index (κ2) is 11.8. The molecule has 0 unspecified atom stereocenters. The fraction of sp³-hybridized carbons (Fsp3) is 0.333. The minimum absolute atomic E-state index is 0.0408. The summed E-state index contributed by atoms with van der Waals surface area (Å²) >= 11 is 0. The van der Waals surface area contributed by atoms with E-state index in [4.69, 9.17) is 23.7 Å². The summed E-state index contributed by atoms with van der Waals surface area (Å²) in [7, 11) is 7.05. The number of hydrogen-bond donors (Lipinski definition) is 1. The molecule has 2 bridgehead atoms. The van der Waals surface area contributed by atoms with Crippen LogP contribution in [0, 0.1) is 0 Å². The van der Waals surface area contributed by atoms with Gasteiger partial charge in [0, 0.05) is 26.5 Å². The number of rotatable bonds is 11. The first-order chi connectivity index (χ1) is 20.9. The van der Waals surface area contributed by atoms with Gasteiger partial charge in [-0.3, -0.25) is 4.57 Å². The first-order valence-electron chi connectivity index (χ1n) is 14.1. The van der Waals surface area contributed by atoms with E-state index in [1.807, 2.05) is 97.9 Å². The van der Waals surface area contributed by atoms with E-state index in [-0.39, 0.29) is 13.2 Å². The molecule has 0 radical (unpaired) electrons. The molecule has 10 heteroatoms. The standard InChI is InChI=1S/C33H36N4O6/c1-36(2)22-35-31-34-18-19-37(31)30-28-29(38)32(43-30,20-41-28)21-42-33(23-8-6-5-7-9-23,24-10-14-26(39-3)15-11-24)25-12-16-27(40-4)17-13-25/h5-19,22,28-30,38H,20-21H2,1-4H3/b35-22+/t28-,29+,30-,32-/m1/s1. The number of benzene rings is 3. The molecule has 2 aliphatic heterocycles. The predicted octanol–water partition coefficient (Wildman–Crippen LogP) is 4.16. The highest BCUT2D eigenvalue weighted by atomic mass is 16.7. The lowest BCUT2D eigenvalue weighted by molar-refractivity contribution is -0.202. The minimum atomic E-state index is -1.12. The van der Waals surface area contributed by atoms with Crippen LogP contribution < -0.4 is 9.47 Å². The van der Waals surface area contributed by atoms with Crippen molar-refractivity contribution >= 4 is 12.3 Å². The predicted molar refractivity (Wildman–Crippen MR) is 161 cm³/mol. The Morgan fingerprint density at radius 2 is 1.58 bits per heavy atom. The molecule has 4 aromatic rings. The van der Waals surface area contributed by atoms with Crippen molar-refractivity contribution in [3.8, 4) is 11.5 Å². The van der Waals surface area contributed by atoms with Gasteiger partial charge < -0.3 is 33.7 Å². The number of ether oxygens (including phenoxy) is 5. The summed E-state index contributed by atoms with van der Waals surface area (Å²) in [4.78, 5) is 10.6. The second-order valence-corrected chi connectivity index (χ2v) is 10.9. The van der Waals surface area contributed by atoms with Crippen molar-refractivity contribution < 1.29 is 28.8 Å². The van der Waals surface area contributed by atoms with Crippen molar-refractivity contribution in [1.29, 1.82) is 0 Å². The Morgan fingerprint density at radius 3 is 2.16 bits per heavy atom. The minimum Gasteiger partial charge on any atom is -0.497 e. The van der Waals surface area contributed by atoms with Gasteiger partial charge in [0.25, 0.3) is 0 Å². The lowest BCUT2D eigenvalue weighted by atomic mass is 9.79. The highest BCUT2D eigenvalue weighted by molar-refractivity contribution is 5.58. The molecule has 0 amide bonds. The monoisotopic (exact) mass is 584 g/mol. The van der Waals surface area contributed by atoms with E-state index in [1.54, 1.807) is 37.5 Å². The topological polar surface area (TPSA) is 99.8 Å². The first kappa shape index (κ1) is 28.9. The van der Waals surface area contributed by atoms with Crippen LogP contribution in [-0.2, 0) is 19.8 Å². The molecule has 1 N–H and O–H groups in total. The van der Waals surface area contributed by atoms with Gasteiger partial charge in [-0.25, -0.2) is 9.98 Å². The molecule has 224 valence electrons. The van der Waals surface area contributed by atoms with Crippen LogP contribution in [0.2, 0.25) is 0 Å². The number of aromatic nitrogens is 2. The lowest BCUT2D eigenvalue weighted by Gasteiger charge is -2.39. The third kappa shape index (κ3) is 5.16. The zero-order chi connectivity index (χ0) is 30.0. The number of nitrogens with zero attached hydrogens (tertiary/aromatic N) is 4. The zero-order valence-electron chi connectivity index (χ0n) is 24.7. The fourth-order valence-corrected chi connectivity index (χ4v) is 5.81. The maximum atomic E-state index is 11.6. The maximum Gasteiger partial charge on any atom is 0.233 e. The summed E-state index contributed by atoms with van der Waals surface area (Å²) in [5, 5.41) is 11.6. The van der Waals surface area contributed by atoms with Gasteiger partial charge >= 0.3 is 0 Å². The Bertz CT molecular complexity index is 1490. The molecular weight excluding hydrogens is 548 g/mol. The Balaban J connectivity index is 1.40. The SMILES string of the molecule is COc1ccc(C(OC[C@@]23CO[C@@H]([C@H](n4ccnc4/N=C/N(C)C)O2)[C@@H]3O)(c2ccccc2)c2ccc(OC)cc2)cc1. The summed E-state index contributed by atoms with van der Waals surface area (Å²) < 4.78 is 32.5. The number of imidazole rings is 1. The van der Waals surface area contributed by atoms with Crippen LogP contribution >= 0.6 is 0 Å². The Kier molecular flexibility index (Phi) is 7.93. The van der Waals surface area contributed by atoms with E-state index < -0.39 is 29.6 Å². The van der Waals surface area contributed by atoms with Crippen LogP contribution in [0.3, 0.4) is 0 Å². The summed E-state index contributed by atoms with van der Waals surface area (Å²) in [5.41, 5.74) is 0.493. The molecule has 3 heterocycles. The van der Waals surface area contributed by atoms with Gasteiger partial charge in [-0.2, -0.15) is 0 Å². The van der Waals surface area contributed by atoms with Crippen molar-refractivity contribution in [1.82, 2.24) is 14.5 Å². The highest BCUT2D eigenvalue weighted by Gasteiger charge is 2.63. The number of hydrogen-bond acceptors (Lipinski definition) is 8. The molecule has 4 atom stereocenters. The van der Waals surface area contributed by atoms with Crippen molar-refractivity contribution in [2.24, 2.45) is 4.99 Å². The molecule has 0 spiro atoms. The van der Waals surface area contributed by atoms with Gasteiger partial charge in [-0.1, -0.05) is 54.6 Å². The molecule has 1 aromatic heterocycles. The summed E-state index contributed by atoms with van der Waals surface area (Å²) in [6.07, 6.45) is 2.92. The molecule has 0 saturated carbocycles. The fourth-order valence-electron chi connectivity index (χ4n) is 5.81. The van der Waals surface area contributed by atoms with Gasteiger partial charge in [-0.15, -0.1) is 0 Å². The van der Waals surface area contributed by atoms with E-state index >= 15 is 0 Å². The number of methoxy groups -OCH3 is 2. The largest absolute Gasteiger partial charge is 0.497 e. The van der Waals surface area contributed by atoms with Gasteiger partial charge in [0.1, 0.15) is 34.9 Å². The Morgan fingerprint density at radius 1 is 0.977 bits per heavy atom. The maximum absolute atomic E-state index is 11.6. The van der Waals surface area contributed by atoms with Gasteiger partial charge in [0.15, 0.2) is 6.23 Å². The van der Waals surface area contributed by atoms with Gasteiger partial charge in [0.05, 0.1) is 33.8 Å². The highest BCUT2D eigenvalue weighted by Crippen LogP contribution is 2.49. The van der Waals surface area contributed by atoms with E-state index in [1.165, 1.54) is 0 Å². The third-order valence-corrected chi connectivity index (χ3v) is 8.04. The molecule has 2 fully saturated rings. The van der Waals surface area contributed by atoms with Crippen LogP contribution in [0.5, 0.6) is 11.5 Å². The molecule has 3 aromatic carbocycles. The summed E-state index contributed by atoms with van der Waals surface area (Å²) in [6, 6.07) is 25.7. The van der Waals surface area contributed by atoms with Crippen LogP contribution in [0.15, 0.2) is 96.2 Å². The average molecular weight is 585 g/mol. The molecule has 2 aliphatic rings. The normalized spacial score (nSPS) is 23.1. The molecule has 2 saturated heterocycles. The molecule has 43 heavy (non-hydrogen) atoms. The average Bonchev–Trinajstić information content (AvgIpc) is 3.72. The smallest absolute Gasteiger partial charge is 0.233 e. The lowest BCUT2D eigenvalue weighted by Crippen LogP contribution is -2.48. The quantitative estimate of drug-likeness (QED) is 0.159. The van der Waals surface area contributed by atoms with Crippen LogP contribution in [0.25, 0.3) is 0 Å². The molecule has 6 rings (SSSR count). The number of aliphatic hydroxyl groups excluding tert-OH is 1. The van der Waals surface area contributed by atoms with Gasteiger partial charge in [-0.05, 0) is 41.0 Å². The molecule has 10 nitrogen and oxygen atoms in total. The van der Waals surface area contributed by atoms with Crippen LogP contribution in [0.1, 0.15) is 22.9 Å². The number of aliphatic hydroxyl groups is 1. The van der Waals surface area contributed by atoms with Crippen molar-refractivity contribution in [2.45, 2.75) is 29.6 Å². The first-order valence-corrected chi connectivity index (χ1v) is 14.1. The Labute approximate surface area is 251 Å². The summed E-state index contributed by atoms with van der Waals surface area (Å²) in [5.74, 6) is 1.92. The third-order valence-electron chi connectivity index (χ3n) is 8.04.